The van der Waals surface area contributed by atoms with E-state index in [4.69, 9.17) is 19.7 Å². The minimum atomic E-state index is -0.856. The Balaban J connectivity index is 0.000000243. The molecule has 132 valence electrons. The fourth-order valence-electron chi connectivity index (χ4n) is 1.63. The molecule has 2 rings (SSSR count). The van der Waals surface area contributed by atoms with Crippen molar-refractivity contribution < 1.29 is 24.8 Å². The Labute approximate surface area is 143 Å². The van der Waals surface area contributed by atoms with Crippen LogP contribution in [-0.2, 0) is 0 Å². The molecule has 0 fully saturated rings. The molecule has 0 aliphatic carbocycles. The molecule has 0 saturated heterocycles. The zero-order chi connectivity index (χ0) is 18.2. The summed E-state index contributed by atoms with van der Waals surface area (Å²) in [5.41, 5.74) is -0.856. The molecule has 0 aliphatic rings. The summed E-state index contributed by atoms with van der Waals surface area (Å²) >= 11 is 0. The Kier molecular flexibility index (Phi) is 7.39. The third-order valence-electron chi connectivity index (χ3n) is 2.62. The summed E-state index contributed by atoms with van der Waals surface area (Å²) in [6, 6.07) is 13.2. The van der Waals surface area contributed by atoms with E-state index < -0.39 is 5.60 Å². The van der Waals surface area contributed by atoms with Crippen molar-refractivity contribution >= 4 is 0 Å². The van der Waals surface area contributed by atoms with Crippen LogP contribution in [0.15, 0.2) is 48.5 Å². The maximum absolute atomic E-state index is 9.36. The van der Waals surface area contributed by atoms with E-state index in [1.165, 1.54) is 6.07 Å². The van der Waals surface area contributed by atoms with Crippen LogP contribution in [0.2, 0.25) is 0 Å². The molecule has 0 saturated carbocycles. The third kappa shape index (κ3) is 8.90. The number of rotatable bonds is 5. The van der Waals surface area contributed by atoms with E-state index >= 15 is 0 Å². The maximum atomic E-state index is 9.36. The molecule has 3 N–H and O–H groups in total. The van der Waals surface area contributed by atoms with Gasteiger partial charge in [0.15, 0.2) is 0 Å². The molecule has 24 heavy (non-hydrogen) atoms. The number of ether oxygens (including phenoxy) is 2. The molecule has 0 atom stereocenters. The molecule has 5 nitrogen and oxygen atoms in total. The number of aliphatic hydroxyl groups is 1. The van der Waals surface area contributed by atoms with Gasteiger partial charge in [0.2, 0.25) is 0 Å². The molecule has 0 aliphatic heterocycles. The number of benzene rings is 2. The minimum Gasteiger partial charge on any atom is -0.508 e. The first-order valence-corrected chi connectivity index (χ1v) is 7.75. The predicted molar refractivity (Wildman–Crippen MR) is 93.8 cm³/mol. The molecular weight excluding hydrogens is 308 g/mol. The van der Waals surface area contributed by atoms with Crippen molar-refractivity contribution in [3.63, 3.8) is 0 Å². The quantitative estimate of drug-likeness (QED) is 0.776. The van der Waals surface area contributed by atoms with Gasteiger partial charge in [-0.25, -0.2) is 0 Å². The fourth-order valence-corrected chi connectivity index (χ4v) is 1.63. The first-order valence-electron chi connectivity index (χ1n) is 7.75. The molecular formula is C19H26O5. The molecule has 5 heteroatoms. The van der Waals surface area contributed by atoms with E-state index in [9.17, 15) is 5.11 Å². The lowest BCUT2D eigenvalue weighted by Crippen LogP contribution is -2.27. The van der Waals surface area contributed by atoms with Crippen molar-refractivity contribution in [2.24, 2.45) is 0 Å². The van der Waals surface area contributed by atoms with Gasteiger partial charge in [0.25, 0.3) is 0 Å². The summed E-state index contributed by atoms with van der Waals surface area (Å²) in [5.74, 6) is 1.77. The second kappa shape index (κ2) is 9.03. The Hall–Kier alpha value is -2.40. The molecule has 0 spiro atoms. The van der Waals surface area contributed by atoms with Gasteiger partial charge in [-0.2, -0.15) is 0 Å². The highest BCUT2D eigenvalue weighted by molar-refractivity contribution is 5.31. The molecule has 0 unspecified atom stereocenters. The number of phenolic OH excluding ortho intramolecular Hbond substituents is 2. The van der Waals surface area contributed by atoms with Crippen LogP contribution < -0.4 is 9.47 Å². The van der Waals surface area contributed by atoms with Crippen LogP contribution in [0.3, 0.4) is 0 Å². The zero-order valence-electron chi connectivity index (χ0n) is 14.6. The van der Waals surface area contributed by atoms with Gasteiger partial charge < -0.3 is 24.8 Å². The first-order chi connectivity index (χ1) is 11.2. The minimum absolute atomic E-state index is 0.160. The summed E-state index contributed by atoms with van der Waals surface area (Å²) in [6.07, 6.45) is 0.180. The van der Waals surface area contributed by atoms with E-state index in [1.807, 2.05) is 13.8 Å². The van der Waals surface area contributed by atoms with Crippen molar-refractivity contribution in [2.45, 2.75) is 39.4 Å². The number of hydrogen-bond donors (Lipinski definition) is 3. The number of aromatic hydroxyl groups is 2. The smallest absolute Gasteiger partial charge is 0.123 e. The van der Waals surface area contributed by atoms with Gasteiger partial charge in [0.1, 0.15) is 29.6 Å². The Morgan fingerprint density at radius 3 is 2.04 bits per heavy atom. The molecule has 0 aromatic heterocycles. The van der Waals surface area contributed by atoms with Crippen molar-refractivity contribution in [1.82, 2.24) is 0 Å². The topological polar surface area (TPSA) is 79.2 Å². The van der Waals surface area contributed by atoms with Crippen molar-refractivity contribution in [1.29, 1.82) is 0 Å². The van der Waals surface area contributed by atoms with Crippen LogP contribution in [0.25, 0.3) is 0 Å². The lowest BCUT2D eigenvalue weighted by Gasteiger charge is -2.17. The van der Waals surface area contributed by atoms with Crippen LogP contribution in [0.1, 0.15) is 27.7 Å². The first kappa shape index (κ1) is 19.6. The average Bonchev–Trinajstić information content (AvgIpc) is 2.47. The molecule has 0 heterocycles. The van der Waals surface area contributed by atoms with E-state index in [1.54, 1.807) is 56.3 Å². The highest BCUT2D eigenvalue weighted by Gasteiger charge is 2.13. The summed E-state index contributed by atoms with van der Waals surface area (Å²) in [7, 11) is 0. The second-order valence-electron chi connectivity index (χ2n) is 6.26. The zero-order valence-corrected chi connectivity index (χ0v) is 14.6. The Morgan fingerprint density at radius 2 is 1.54 bits per heavy atom. The van der Waals surface area contributed by atoms with Gasteiger partial charge in [0.05, 0.1) is 11.7 Å². The van der Waals surface area contributed by atoms with Gasteiger partial charge in [-0.3, -0.25) is 0 Å². The highest BCUT2D eigenvalue weighted by Crippen LogP contribution is 2.19. The predicted octanol–water partition coefficient (Wildman–Crippen LogP) is 3.72. The van der Waals surface area contributed by atoms with Crippen molar-refractivity contribution in [2.75, 3.05) is 6.61 Å². The highest BCUT2D eigenvalue weighted by atomic mass is 16.5. The fraction of sp³-hybridized carbons (Fsp3) is 0.368. The van der Waals surface area contributed by atoms with Gasteiger partial charge >= 0.3 is 0 Å². The van der Waals surface area contributed by atoms with E-state index in [0.717, 1.165) is 5.75 Å². The van der Waals surface area contributed by atoms with Gasteiger partial charge in [0, 0.05) is 6.07 Å². The summed E-state index contributed by atoms with van der Waals surface area (Å²) < 4.78 is 10.6. The van der Waals surface area contributed by atoms with Crippen LogP contribution >= 0.6 is 0 Å². The Morgan fingerprint density at radius 1 is 0.917 bits per heavy atom. The molecule has 0 bridgehead atoms. The van der Waals surface area contributed by atoms with E-state index in [0.29, 0.717) is 5.75 Å². The molecule has 0 amide bonds. The van der Waals surface area contributed by atoms with Gasteiger partial charge in [-0.05, 0) is 64.1 Å². The normalized spacial score (nSPS) is 10.8. The van der Waals surface area contributed by atoms with Crippen molar-refractivity contribution in [3.05, 3.63) is 48.5 Å². The average molecular weight is 334 g/mol. The third-order valence-corrected chi connectivity index (χ3v) is 2.62. The lowest BCUT2D eigenvalue weighted by molar-refractivity contribution is 0.0284. The number of hydrogen-bond acceptors (Lipinski definition) is 5. The summed E-state index contributed by atoms with van der Waals surface area (Å²) in [4.78, 5) is 0. The lowest BCUT2D eigenvalue weighted by atomic mass is 10.2. The maximum Gasteiger partial charge on any atom is 0.123 e. The summed E-state index contributed by atoms with van der Waals surface area (Å²) in [5, 5.41) is 27.4. The SMILES string of the molecule is CC(C)(O)COc1cccc(O)c1.CC(C)Oc1ccc(O)cc1. The summed E-state index contributed by atoms with van der Waals surface area (Å²) in [6.45, 7) is 7.46. The van der Waals surface area contributed by atoms with Crippen LogP contribution in [-0.4, -0.2) is 33.6 Å². The Bertz CT molecular complexity index is 600. The second-order valence-corrected chi connectivity index (χ2v) is 6.26. The monoisotopic (exact) mass is 334 g/mol. The van der Waals surface area contributed by atoms with Crippen LogP contribution in [0, 0.1) is 0 Å². The van der Waals surface area contributed by atoms with Gasteiger partial charge in [-0.1, -0.05) is 6.07 Å². The number of phenols is 2. The van der Waals surface area contributed by atoms with E-state index in [-0.39, 0.29) is 24.2 Å². The van der Waals surface area contributed by atoms with Crippen LogP contribution in [0.4, 0.5) is 0 Å². The van der Waals surface area contributed by atoms with Crippen LogP contribution in [0.5, 0.6) is 23.0 Å². The molecule has 2 aromatic rings. The van der Waals surface area contributed by atoms with Gasteiger partial charge in [-0.15, -0.1) is 0 Å². The van der Waals surface area contributed by atoms with Crippen molar-refractivity contribution in [3.8, 4) is 23.0 Å². The molecule has 2 aromatic carbocycles. The van der Waals surface area contributed by atoms with E-state index in [2.05, 4.69) is 0 Å². The standard InChI is InChI=1S/C10H14O3.C9H12O2/c1-10(2,12)7-13-9-5-3-4-8(11)6-9;1-7(2)11-9-5-3-8(10)4-6-9/h3-6,11-12H,7H2,1-2H3;3-7,10H,1-2H3. The molecule has 0 radical (unpaired) electrons. The largest absolute Gasteiger partial charge is 0.508 e.